The standard InChI is InChI=1S/C16H25NO6S2/c1-17(10-9-13-6-4-5-11-23-13)25(20,21)16-12-14(24(3,18)19)7-8-15(16)22-2/h7-8,12-13H,4-6,9-11H2,1-3H3. The van der Waals surface area contributed by atoms with Crippen molar-refractivity contribution in [3.63, 3.8) is 0 Å². The maximum absolute atomic E-state index is 12.9. The summed E-state index contributed by atoms with van der Waals surface area (Å²) in [5, 5.41) is 0. The van der Waals surface area contributed by atoms with Crippen LogP contribution in [-0.2, 0) is 24.6 Å². The van der Waals surface area contributed by atoms with Crippen LogP contribution in [0, 0.1) is 0 Å². The fraction of sp³-hybridized carbons (Fsp3) is 0.625. The van der Waals surface area contributed by atoms with E-state index in [1.54, 1.807) is 0 Å². The van der Waals surface area contributed by atoms with Crippen LogP contribution in [0.3, 0.4) is 0 Å². The predicted octanol–water partition coefficient (Wildman–Crippen LogP) is 1.68. The zero-order chi connectivity index (χ0) is 18.7. The first kappa shape index (κ1) is 20.2. The Morgan fingerprint density at radius 2 is 1.96 bits per heavy atom. The van der Waals surface area contributed by atoms with Gasteiger partial charge >= 0.3 is 0 Å². The highest BCUT2D eigenvalue weighted by molar-refractivity contribution is 7.91. The Hall–Kier alpha value is -1.16. The summed E-state index contributed by atoms with van der Waals surface area (Å²) in [5.41, 5.74) is 0. The summed E-state index contributed by atoms with van der Waals surface area (Å²) in [7, 11) is -4.57. The Bertz CT molecular complexity index is 798. The summed E-state index contributed by atoms with van der Waals surface area (Å²) in [6.07, 6.45) is 4.77. The van der Waals surface area contributed by atoms with Crippen LogP contribution in [0.15, 0.2) is 28.0 Å². The van der Waals surface area contributed by atoms with E-state index in [0.717, 1.165) is 31.6 Å². The van der Waals surface area contributed by atoms with E-state index in [9.17, 15) is 16.8 Å². The van der Waals surface area contributed by atoms with Crippen molar-refractivity contribution in [2.24, 2.45) is 0 Å². The average Bonchev–Trinajstić information content (AvgIpc) is 2.59. The topological polar surface area (TPSA) is 90.0 Å². The lowest BCUT2D eigenvalue weighted by molar-refractivity contribution is 0.00950. The molecule has 0 N–H and O–H groups in total. The molecule has 1 aromatic rings. The molecule has 0 aliphatic carbocycles. The number of rotatable bonds is 7. The summed E-state index contributed by atoms with van der Waals surface area (Å²) in [5.74, 6) is 0.119. The van der Waals surface area contributed by atoms with E-state index < -0.39 is 19.9 Å². The molecule has 1 aliphatic rings. The van der Waals surface area contributed by atoms with Crippen molar-refractivity contribution in [3.05, 3.63) is 18.2 Å². The minimum absolute atomic E-state index is 0.0594. The number of hydrogen-bond acceptors (Lipinski definition) is 6. The summed E-state index contributed by atoms with van der Waals surface area (Å²) in [6.45, 7) is 1.00. The molecule has 0 radical (unpaired) electrons. The SMILES string of the molecule is COc1ccc(S(C)(=O)=O)cc1S(=O)(=O)N(C)CCC1CCCCO1. The Labute approximate surface area is 149 Å². The Kier molecular flexibility index (Phi) is 6.47. The van der Waals surface area contributed by atoms with E-state index >= 15 is 0 Å². The number of nitrogens with zero attached hydrogens (tertiary/aromatic N) is 1. The van der Waals surface area contributed by atoms with Crippen LogP contribution in [0.25, 0.3) is 0 Å². The molecule has 1 heterocycles. The number of benzene rings is 1. The van der Waals surface area contributed by atoms with Crippen molar-refractivity contribution in [2.75, 3.05) is 33.6 Å². The predicted molar refractivity (Wildman–Crippen MR) is 94.1 cm³/mol. The molecule has 2 rings (SSSR count). The number of ether oxygens (including phenoxy) is 2. The Morgan fingerprint density at radius 1 is 1.24 bits per heavy atom. The highest BCUT2D eigenvalue weighted by atomic mass is 32.2. The monoisotopic (exact) mass is 391 g/mol. The quantitative estimate of drug-likeness (QED) is 0.702. The van der Waals surface area contributed by atoms with Crippen molar-refractivity contribution in [2.45, 2.75) is 41.6 Å². The second kappa shape index (κ2) is 8.03. The van der Waals surface area contributed by atoms with E-state index in [1.807, 2.05) is 0 Å². The summed E-state index contributed by atoms with van der Waals surface area (Å²) < 4.78 is 61.2. The highest BCUT2D eigenvalue weighted by Crippen LogP contribution is 2.29. The molecule has 0 spiro atoms. The Balaban J connectivity index is 2.24. The van der Waals surface area contributed by atoms with Crippen molar-refractivity contribution >= 4 is 19.9 Å². The molecule has 1 unspecified atom stereocenters. The van der Waals surface area contributed by atoms with E-state index in [-0.39, 0.29) is 21.6 Å². The molecule has 1 aromatic carbocycles. The molecule has 25 heavy (non-hydrogen) atoms. The van der Waals surface area contributed by atoms with Gasteiger partial charge in [-0.3, -0.25) is 0 Å². The lowest BCUT2D eigenvalue weighted by Crippen LogP contribution is -2.32. The van der Waals surface area contributed by atoms with Crippen LogP contribution in [0.1, 0.15) is 25.7 Å². The molecule has 0 saturated carbocycles. The minimum atomic E-state index is -3.88. The molecule has 142 valence electrons. The molecule has 0 amide bonds. The van der Waals surface area contributed by atoms with Gasteiger partial charge in [0.15, 0.2) is 9.84 Å². The molecular formula is C16H25NO6S2. The van der Waals surface area contributed by atoms with Gasteiger partial charge in [-0.15, -0.1) is 0 Å². The van der Waals surface area contributed by atoms with Gasteiger partial charge in [-0.25, -0.2) is 21.1 Å². The van der Waals surface area contributed by atoms with E-state index in [2.05, 4.69) is 0 Å². The third-order valence-electron chi connectivity index (χ3n) is 4.29. The van der Waals surface area contributed by atoms with E-state index in [0.29, 0.717) is 19.6 Å². The van der Waals surface area contributed by atoms with Gasteiger partial charge in [0.1, 0.15) is 10.6 Å². The van der Waals surface area contributed by atoms with Crippen molar-refractivity contribution < 1.29 is 26.3 Å². The van der Waals surface area contributed by atoms with Crippen LogP contribution >= 0.6 is 0 Å². The van der Waals surface area contributed by atoms with Gasteiger partial charge in [0.2, 0.25) is 10.0 Å². The molecule has 7 nitrogen and oxygen atoms in total. The molecule has 0 aromatic heterocycles. The number of sulfonamides is 1. The van der Waals surface area contributed by atoms with Crippen LogP contribution < -0.4 is 4.74 Å². The van der Waals surface area contributed by atoms with Gasteiger partial charge in [0, 0.05) is 26.5 Å². The smallest absolute Gasteiger partial charge is 0.246 e. The van der Waals surface area contributed by atoms with Gasteiger partial charge in [-0.2, -0.15) is 0 Å². The van der Waals surface area contributed by atoms with E-state index in [4.69, 9.17) is 9.47 Å². The van der Waals surface area contributed by atoms with Crippen LogP contribution in [0.4, 0.5) is 0 Å². The third kappa shape index (κ3) is 4.93. The molecule has 0 bridgehead atoms. The maximum atomic E-state index is 12.9. The second-order valence-corrected chi connectivity index (χ2v) is 10.2. The molecule has 1 atom stereocenters. The van der Waals surface area contributed by atoms with Crippen LogP contribution in [0.5, 0.6) is 5.75 Å². The minimum Gasteiger partial charge on any atom is -0.495 e. The van der Waals surface area contributed by atoms with Gasteiger partial charge in [-0.1, -0.05) is 0 Å². The van der Waals surface area contributed by atoms with Crippen LogP contribution in [-0.4, -0.2) is 60.8 Å². The number of methoxy groups -OCH3 is 1. The zero-order valence-corrected chi connectivity index (χ0v) is 16.4. The van der Waals surface area contributed by atoms with Crippen LogP contribution in [0.2, 0.25) is 0 Å². The first-order valence-corrected chi connectivity index (χ1v) is 11.5. The van der Waals surface area contributed by atoms with Gasteiger partial charge in [-0.05, 0) is 43.9 Å². The highest BCUT2D eigenvalue weighted by Gasteiger charge is 2.27. The van der Waals surface area contributed by atoms with Crippen molar-refractivity contribution in [1.29, 1.82) is 0 Å². The second-order valence-electron chi connectivity index (χ2n) is 6.19. The average molecular weight is 392 g/mol. The molecule has 9 heteroatoms. The lowest BCUT2D eigenvalue weighted by atomic mass is 10.1. The first-order chi connectivity index (χ1) is 11.7. The summed E-state index contributed by atoms with van der Waals surface area (Å²) in [4.78, 5) is -0.208. The number of hydrogen-bond donors (Lipinski definition) is 0. The zero-order valence-electron chi connectivity index (χ0n) is 14.8. The maximum Gasteiger partial charge on any atom is 0.246 e. The third-order valence-corrected chi connectivity index (χ3v) is 7.28. The molecule has 1 saturated heterocycles. The Morgan fingerprint density at radius 3 is 2.52 bits per heavy atom. The molecular weight excluding hydrogens is 366 g/mol. The number of sulfone groups is 1. The summed E-state index contributed by atoms with van der Waals surface area (Å²) >= 11 is 0. The molecule has 1 aliphatic heterocycles. The van der Waals surface area contributed by atoms with Gasteiger partial charge < -0.3 is 9.47 Å². The van der Waals surface area contributed by atoms with E-state index in [1.165, 1.54) is 30.6 Å². The van der Waals surface area contributed by atoms with Gasteiger partial charge in [0.25, 0.3) is 0 Å². The fourth-order valence-corrected chi connectivity index (χ4v) is 4.82. The largest absolute Gasteiger partial charge is 0.495 e. The van der Waals surface area contributed by atoms with Crippen molar-refractivity contribution in [1.82, 2.24) is 4.31 Å². The fourth-order valence-electron chi connectivity index (χ4n) is 2.74. The molecule has 1 fully saturated rings. The summed E-state index contributed by atoms with van der Waals surface area (Å²) in [6, 6.07) is 3.85. The van der Waals surface area contributed by atoms with Crippen molar-refractivity contribution in [3.8, 4) is 5.75 Å². The first-order valence-electron chi connectivity index (χ1n) is 8.12. The van der Waals surface area contributed by atoms with Gasteiger partial charge in [0.05, 0.1) is 18.1 Å². The normalized spacial score (nSPS) is 19.1. The lowest BCUT2D eigenvalue weighted by Gasteiger charge is -2.25.